The predicted octanol–water partition coefficient (Wildman–Crippen LogP) is 9.63. The molecule has 0 saturated heterocycles. The molecule has 0 unspecified atom stereocenters. The number of ether oxygens (including phenoxy) is 1. The van der Waals surface area contributed by atoms with Crippen LogP contribution in [0.2, 0.25) is 0 Å². The number of hydrogen-bond donors (Lipinski definition) is 0. The largest absolute Gasteiger partial charge is 0.457 e. The van der Waals surface area contributed by atoms with Crippen LogP contribution < -0.4 is 13.8 Å². The first-order chi connectivity index (χ1) is 17.6. The van der Waals surface area contributed by atoms with E-state index in [9.17, 15) is 0 Å². The minimum atomic E-state index is -0.0129. The lowest BCUT2D eigenvalue weighted by Gasteiger charge is -2.26. The van der Waals surface area contributed by atoms with Crippen molar-refractivity contribution >= 4 is 9.03 Å². The third-order valence-electron chi connectivity index (χ3n) is 6.26. The van der Waals surface area contributed by atoms with Crippen molar-refractivity contribution in [1.29, 1.82) is 0 Å². The van der Waals surface area contributed by atoms with E-state index in [2.05, 4.69) is 77.9 Å². The molecule has 4 aromatic carbocycles. The van der Waals surface area contributed by atoms with E-state index in [0.29, 0.717) is 0 Å². The molecule has 0 atom stereocenters. The topological polar surface area (TPSA) is 27.7 Å². The molecule has 5 rings (SSSR count). The van der Waals surface area contributed by atoms with Crippen LogP contribution in [-0.4, -0.2) is 0 Å². The Balaban J connectivity index is 0.000000186. The van der Waals surface area contributed by atoms with Gasteiger partial charge in [0, 0.05) is 6.42 Å². The fraction of sp³-hybridized carbons (Fsp3) is 0.273. The number of para-hydroxylation sites is 2. The maximum absolute atomic E-state index is 6.11. The lowest BCUT2D eigenvalue weighted by atomic mass is 9.83. The summed E-state index contributed by atoms with van der Waals surface area (Å²) in [6, 6.07) is 32.5. The zero-order chi connectivity index (χ0) is 26.5. The zero-order valence-electron chi connectivity index (χ0n) is 22.7. The molecular weight excluding hydrogens is 475 g/mol. The van der Waals surface area contributed by atoms with Crippen LogP contribution in [0.5, 0.6) is 23.0 Å². The van der Waals surface area contributed by atoms with Crippen LogP contribution in [0.15, 0.2) is 97.1 Å². The maximum atomic E-state index is 6.11. The smallest absolute Gasteiger partial charge is 0.275 e. The Morgan fingerprint density at radius 1 is 0.568 bits per heavy atom. The van der Waals surface area contributed by atoms with Crippen molar-refractivity contribution in [2.75, 3.05) is 0 Å². The van der Waals surface area contributed by atoms with Gasteiger partial charge in [-0.2, -0.15) is 0 Å². The summed E-state index contributed by atoms with van der Waals surface area (Å²) in [4.78, 5) is 0. The SMILES string of the molecule is CC(C)(C)c1ccc2c(c1)Cc1cc(C(C)(C)C)ccc1O2.c1ccc(OPOc2ccccc2)cc1. The number of benzene rings is 4. The summed E-state index contributed by atoms with van der Waals surface area (Å²) in [6.45, 7) is 13.5. The highest BCUT2D eigenvalue weighted by molar-refractivity contribution is 7.27. The second kappa shape index (κ2) is 11.4. The molecule has 0 amide bonds. The molecule has 37 heavy (non-hydrogen) atoms. The standard InChI is InChI=1S/C21H26O.C12H11O2P/c1-20(2,3)16-7-9-18-14(12-16)11-15-13-17(21(4,5)6)8-10-19(15)22-18;1-3-7-11(8-4-1)13-15-14-12-9-5-2-6-10-12/h7-10,12-13H,11H2,1-6H3;1-10,15H. The van der Waals surface area contributed by atoms with E-state index in [1.54, 1.807) is 0 Å². The summed E-state index contributed by atoms with van der Waals surface area (Å²) in [7, 11) is -0.0129. The van der Waals surface area contributed by atoms with Gasteiger partial charge in [0.25, 0.3) is 9.03 Å². The quantitative estimate of drug-likeness (QED) is 0.224. The lowest BCUT2D eigenvalue weighted by Crippen LogP contribution is -2.14. The predicted molar refractivity (Wildman–Crippen MR) is 156 cm³/mol. The molecule has 1 heterocycles. The first-order valence-electron chi connectivity index (χ1n) is 12.7. The summed E-state index contributed by atoms with van der Waals surface area (Å²) < 4.78 is 16.9. The molecule has 0 bridgehead atoms. The summed E-state index contributed by atoms with van der Waals surface area (Å²) in [5.74, 6) is 3.66. The first kappa shape index (κ1) is 26.8. The van der Waals surface area contributed by atoms with Crippen LogP contribution >= 0.6 is 9.03 Å². The van der Waals surface area contributed by atoms with E-state index in [4.69, 9.17) is 13.8 Å². The Morgan fingerprint density at radius 2 is 0.973 bits per heavy atom. The second-order valence-corrected chi connectivity index (χ2v) is 11.9. The van der Waals surface area contributed by atoms with Gasteiger partial charge in [0.15, 0.2) is 0 Å². The van der Waals surface area contributed by atoms with Crippen molar-refractivity contribution in [3.8, 4) is 23.0 Å². The van der Waals surface area contributed by atoms with Gasteiger partial charge in [0.1, 0.15) is 23.0 Å². The van der Waals surface area contributed by atoms with Crippen molar-refractivity contribution in [2.24, 2.45) is 0 Å². The molecular formula is C33H37O3P. The molecule has 4 aromatic rings. The fourth-order valence-corrected chi connectivity index (χ4v) is 4.49. The fourth-order valence-electron chi connectivity index (χ4n) is 3.99. The van der Waals surface area contributed by atoms with Gasteiger partial charge >= 0.3 is 0 Å². The monoisotopic (exact) mass is 512 g/mol. The molecule has 0 fully saturated rings. The van der Waals surface area contributed by atoms with Crippen molar-refractivity contribution in [1.82, 2.24) is 0 Å². The molecule has 0 spiro atoms. The first-order valence-corrected chi connectivity index (χ1v) is 13.5. The number of fused-ring (bicyclic) bond motifs is 2. The third-order valence-corrected chi connectivity index (χ3v) is 6.90. The van der Waals surface area contributed by atoms with E-state index >= 15 is 0 Å². The number of rotatable bonds is 4. The summed E-state index contributed by atoms with van der Waals surface area (Å²) in [6.07, 6.45) is 0.957. The Bertz CT molecular complexity index is 1200. The van der Waals surface area contributed by atoms with Crippen molar-refractivity contribution in [2.45, 2.75) is 58.8 Å². The summed E-state index contributed by atoms with van der Waals surface area (Å²) in [5, 5.41) is 0. The van der Waals surface area contributed by atoms with Gasteiger partial charge in [-0.25, -0.2) is 0 Å². The minimum absolute atomic E-state index is 0.0129. The number of hydrogen-bond acceptors (Lipinski definition) is 3. The van der Waals surface area contributed by atoms with E-state index in [1.165, 1.54) is 22.3 Å². The highest BCUT2D eigenvalue weighted by Gasteiger charge is 2.23. The normalized spacial score (nSPS) is 12.3. The molecule has 0 aromatic heterocycles. The van der Waals surface area contributed by atoms with Gasteiger partial charge in [0.2, 0.25) is 0 Å². The van der Waals surface area contributed by atoms with Crippen molar-refractivity contribution < 1.29 is 13.8 Å². The third kappa shape index (κ3) is 7.37. The summed E-state index contributed by atoms with van der Waals surface area (Å²) in [5.41, 5.74) is 5.66. The average Bonchev–Trinajstić information content (AvgIpc) is 2.87. The Labute approximate surface area is 223 Å². The van der Waals surface area contributed by atoms with Crippen LogP contribution in [0, 0.1) is 0 Å². The maximum Gasteiger partial charge on any atom is 0.275 e. The van der Waals surface area contributed by atoms with Gasteiger partial charge in [-0.3, -0.25) is 0 Å². The van der Waals surface area contributed by atoms with Crippen LogP contribution in [-0.2, 0) is 17.3 Å². The second-order valence-electron chi connectivity index (χ2n) is 11.3. The molecule has 3 nitrogen and oxygen atoms in total. The highest BCUT2D eigenvalue weighted by Crippen LogP contribution is 2.40. The molecule has 192 valence electrons. The molecule has 4 heteroatoms. The van der Waals surface area contributed by atoms with Crippen molar-refractivity contribution in [3.05, 3.63) is 119 Å². The highest BCUT2D eigenvalue weighted by atomic mass is 31.1. The van der Waals surface area contributed by atoms with Crippen LogP contribution in [0.4, 0.5) is 0 Å². The van der Waals surface area contributed by atoms with E-state index < -0.39 is 0 Å². The van der Waals surface area contributed by atoms with Crippen LogP contribution in [0.1, 0.15) is 63.8 Å². The van der Waals surface area contributed by atoms with Crippen LogP contribution in [0.3, 0.4) is 0 Å². The molecule has 0 N–H and O–H groups in total. The lowest BCUT2D eigenvalue weighted by molar-refractivity contribution is 0.457. The van der Waals surface area contributed by atoms with Crippen molar-refractivity contribution in [3.63, 3.8) is 0 Å². The summed E-state index contributed by atoms with van der Waals surface area (Å²) >= 11 is 0. The van der Waals surface area contributed by atoms with Gasteiger partial charge < -0.3 is 13.8 Å². The average molecular weight is 513 g/mol. The Kier molecular flexibility index (Phi) is 8.25. The van der Waals surface area contributed by atoms with Gasteiger partial charge in [-0.05, 0) is 69.5 Å². The van der Waals surface area contributed by atoms with E-state index in [0.717, 1.165) is 29.4 Å². The minimum Gasteiger partial charge on any atom is -0.457 e. The van der Waals surface area contributed by atoms with Gasteiger partial charge in [-0.1, -0.05) is 102 Å². The Hall–Kier alpha value is -3.29. The molecule has 1 aliphatic rings. The van der Waals surface area contributed by atoms with Gasteiger partial charge in [0.05, 0.1) is 0 Å². The molecule has 0 radical (unpaired) electrons. The molecule has 0 saturated carbocycles. The van der Waals surface area contributed by atoms with E-state index in [-0.39, 0.29) is 19.9 Å². The molecule has 1 aliphatic heterocycles. The van der Waals surface area contributed by atoms with E-state index in [1.807, 2.05) is 60.7 Å². The Morgan fingerprint density at radius 3 is 1.35 bits per heavy atom. The van der Waals surface area contributed by atoms with Gasteiger partial charge in [-0.15, -0.1) is 0 Å². The van der Waals surface area contributed by atoms with Crippen LogP contribution in [0.25, 0.3) is 0 Å². The zero-order valence-corrected chi connectivity index (χ0v) is 23.7. The molecule has 0 aliphatic carbocycles.